The summed E-state index contributed by atoms with van der Waals surface area (Å²) in [6.07, 6.45) is 0. The third-order valence-electron chi connectivity index (χ3n) is 3.00. The van der Waals surface area contributed by atoms with Crippen molar-refractivity contribution in [2.45, 2.75) is 6.54 Å². The molecule has 1 saturated heterocycles. The zero-order chi connectivity index (χ0) is 13.2. The summed E-state index contributed by atoms with van der Waals surface area (Å²) >= 11 is 3.36. The maximum atomic E-state index is 12.2. The fraction of sp³-hybridized carbons (Fsp3) is 0.385. The maximum absolute atomic E-state index is 12.2. The molecule has 1 fully saturated rings. The Hall–Kier alpha value is -1.38. The molecule has 2 rings (SSSR count). The van der Waals surface area contributed by atoms with Crippen molar-refractivity contribution in [2.75, 3.05) is 20.3 Å². The van der Waals surface area contributed by atoms with Gasteiger partial charge in [-0.1, -0.05) is 28.1 Å². The van der Waals surface area contributed by atoms with Crippen LogP contribution < -0.4 is 0 Å². The minimum atomic E-state index is -0.968. The molecule has 0 spiro atoms. The minimum absolute atomic E-state index is 0.167. The molecule has 1 amide bonds. The van der Waals surface area contributed by atoms with Gasteiger partial charge in [-0.3, -0.25) is 4.79 Å². The molecule has 1 aliphatic heterocycles. The van der Waals surface area contributed by atoms with Crippen molar-refractivity contribution >= 4 is 21.8 Å². The van der Waals surface area contributed by atoms with E-state index in [0.29, 0.717) is 6.54 Å². The van der Waals surface area contributed by atoms with E-state index in [1.165, 1.54) is 0 Å². The SMILES string of the molecule is CN(Cc1ccc(Br)cc1)C(=O)C1(C#N)COC1. The second-order valence-electron chi connectivity index (χ2n) is 4.47. The molecule has 0 aliphatic carbocycles. The Labute approximate surface area is 114 Å². The summed E-state index contributed by atoms with van der Waals surface area (Å²) in [6.45, 7) is 0.898. The Bertz CT molecular complexity index is 489. The van der Waals surface area contributed by atoms with E-state index in [4.69, 9.17) is 10.00 Å². The summed E-state index contributed by atoms with van der Waals surface area (Å²) in [6, 6.07) is 9.83. The average Bonchev–Trinajstić information content (AvgIpc) is 2.31. The highest BCUT2D eigenvalue weighted by Gasteiger charge is 2.48. The third kappa shape index (κ3) is 2.40. The van der Waals surface area contributed by atoms with Crippen LogP contribution >= 0.6 is 15.9 Å². The standard InChI is InChI=1S/C13H13BrN2O2/c1-16(6-10-2-4-11(14)5-3-10)12(17)13(7-15)8-18-9-13/h2-5H,6,8-9H2,1H3. The average molecular weight is 309 g/mol. The van der Waals surface area contributed by atoms with E-state index in [-0.39, 0.29) is 19.1 Å². The van der Waals surface area contributed by atoms with Gasteiger partial charge in [0, 0.05) is 18.1 Å². The first-order valence-corrected chi connectivity index (χ1v) is 6.36. The van der Waals surface area contributed by atoms with E-state index in [1.807, 2.05) is 24.3 Å². The van der Waals surface area contributed by atoms with Crippen LogP contribution in [0.2, 0.25) is 0 Å². The van der Waals surface area contributed by atoms with E-state index in [0.717, 1.165) is 10.0 Å². The molecule has 1 aliphatic rings. The molecule has 0 saturated carbocycles. The monoisotopic (exact) mass is 308 g/mol. The second kappa shape index (κ2) is 5.09. The van der Waals surface area contributed by atoms with E-state index in [1.54, 1.807) is 11.9 Å². The highest BCUT2D eigenvalue weighted by Crippen LogP contribution is 2.29. The maximum Gasteiger partial charge on any atom is 0.247 e. The lowest BCUT2D eigenvalue weighted by atomic mass is 9.86. The highest BCUT2D eigenvalue weighted by molar-refractivity contribution is 9.10. The van der Waals surface area contributed by atoms with Crippen LogP contribution in [0.3, 0.4) is 0 Å². The smallest absolute Gasteiger partial charge is 0.247 e. The van der Waals surface area contributed by atoms with E-state index >= 15 is 0 Å². The molecule has 5 heteroatoms. The Morgan fingerprint density at radius 3 is 2.56 bits per heavy atom. The quantitative estimate of drug-likeness (QED) is 0.857. The molecule has 0 N–H and O–H groups in total. The van der Waals surface area contributed by atoms with Crippen molar-refractivity contribution in [3.63, 3.8) is 0 Å². The summed E-state index contributed by atoms with van der Waals surface area (Å²) in [4.78, 5) is 13.7. The third-order valence-corrected chi connectivity index (χ3v) is 3.53. The number of carbonyl (C=O) groups excluding carboxylic acids is 1. The molecular formula is C13H13BrN2O2. The predicted molar refractivity (Wildman–Crippen MR) is 69.5 cm³/mol. The molecule has 18 heavy (non-hydrogen) atoms. The lowest BCUT2D eigenvalue weighted by Gasteiger charge is -2.36. The molecule has 0 atom stereocenters. The zero-order valence-corrected chi connectivity index (χ0v) is 11.6. The number of halogens is 1. The van der Waals surface area contributed by atoms with E-state index < -0.39 is 5.41 Å². The van der Waals surface area contributed by atoms with Crippen LogP contribution in [0.5, 0.6) is 0 Å². The Morgan fingerprint density at radius 1 is 1.50 bits per heavy atom. The summed E-state index contributed by atoms with van der Waals surface area (Å²) in [7, 11) is 1.71. The van der Waals surface area contributed by atoms with Gasteiger partial charge in [-0.15, -0.1) is 0 Å². The number of nitriles is 1. The van der Waals surface area contributed by atoms with Crippen LogP contribution in [0.15, 0.2) is 28.7 Å². The van der Waals surface area contributed by atoms with Crippen molar-refractivity contribution in [1.82, 2.24) is 4.90 Å². The summed E-state index contributed by atoms with van der Waals surface area (Å²) in [5.74, 6) is -0.167. The molecule has 1 aromatic carbocycles. The molecule has 94 valence electrons. The normalized spacial score (nSPS) is 16.5. The van der Waals surface area contributed by atoms with Crippen molar-refractivity contribution < 1.29 is 9.53 Å². The summed E-state index contributed by atoms with van der Waals surface area (Å²) in [5, 5.41) is 9.07. The number of rotatable bonds is 3. The van der Waals surface area contributed by atoms with Crippen molar-refractivity contribution in [1.29, 1.82) is 5.26 Å². The first kappa shape index (κ1) is 13.1. The number of benzene rings is 1. The van der Waals surface area contributed by atoms with Crippen LogP contribution in [0.4, 0.5) is 0 Å². The fourth-order valence-corrected chi connectivity index (χ4v) is 2.11. The van der Waals surface area contributed by atoms with Crippen molar-refractivity contribution in [3.8, 4) is 6.07 Å². The number of ether oxygens (including phenoxy) is 1. The van der Waals surface area contributed by atoms with E-state index in [9.17, 15) is 4.79 Å². The Balaban J connectivity index is 2.04. The Morgan fingerprint density at radius 2 is 2.11 bits per heavy atom. The van der Waals surface area contributed by atoms with Gasteiger partial charge in [0.1, 0.15) is 0 Å². The molecule has 0 aromatic heterocycles. The Kier molecular flexibility index (Phi) is 3.69. The number of nitrogens with zero attached hydrogens (tertiary/aromatic N) is 2. The number of hydrogen-bond donors (Lipinski definition) is 0. The van der Waals surface area contributed by atoms with Crippen LogP contribution in [0, 0.1) is 16.7 Å². The molecule has 4 nitrogen and oxygen atoms in total. The van der Waals surface area contributed by atoms with Gasteiger partial charge in [0.2, 0.25) is 5.91 Å². The van der Waals surface area contributed by atoms with E-state index in [2.05, 4.69) is 22.0 Å². The van der Waals surface area contributed by atoms with Crippen LogP contribution in [0.1, 0.15) is 5.56 Å². The molecule has 0 radical (unpaired) electrons. The van der Waals surface area contributed by atoms with Gasteiger partial charge < -0.3 is 9.64 Å². The van der Waals surface area contributed by atoms with Gasteiger partial charge in [-0.2, -0.15) is 5.26 Å². The minimum Gasteiger partial charge on any atom is -0.377 e. The zero-order valence-electron chi connectivity index (χ0n) is 10.0. The number of hydrogen-bond acceptors (Lipinski definition) is 3. The lowest BCUT2D eigenvalue weighted by Crippen LogP contribution is -2.53. The topological polar surface area (TPSA) is 53.3 Å². The summed E-state index contributed by atoms with van der Waals surface area (Å²) < 4.78 is 5.99. The summed E-state index contributed by atoms with van der Waals surface area (Å²) in [5.41, 5.74) is 0.0618. The molecule has 1 heterocycles. The molecule has 0 bridgehead atoms. The number of amides is 1. The second-order valence-corrected chi connectivity index (χ2v) is 5.39. The predicted octanol–water partition coefficient (Wildman–Crippen LogP) is 1.95. The van der Waals surface area contributed by atoms with Crippen LogP contribution in [-0.2, 0) is 16.1 Å². The highest BCUT2D eigenvalue weighted by atomic mass is 79.9. The van der Waals surface area contributed by atoms with Crippen molar-refractivity contribution in [2.24, 2.45) is 5.41 Å². The van der Waals surface area contributed by atoms with Gasteiger partial charge in [0.15, 0.2) is 5.41 Å². The first-order valence-electron chi connectivity index (χ1n) is 5.56. The molecule has 0 unspecified atom stereocenters. The molecule has 1 aromatic rings. The molecular weight excluding hydrogens is 296 g/mol. The lowest BCUT2D eigenvalue weighted by molar-refractivity contribution is -0.160. The van der Waals surface area contributed by atoms with Gasteiger partial charge in [0.05, 0.1) is 19.3 Å². The fourth-order valence-electron chi connectivity index (χ4n) is 1.84. The van der Waals surface area contributed by atoms with Gasteiger partial charge in [-0.05, 0) is 17.7 Å². The first-order chi connectivity index (χ1) is 8.57. The van der Waals surface area contributed by atoms with Crippen LogP contribution in [0.25, 0.3) is 0 Å². The van der Waals surface area contributed by atoms with Crippen LogP contribution in [-0.4, -0.2) is 31.1 Å². The van der Waals surface area contributed by atoms with Gasteiger partial charge in [0.25, 0.3) is 0 Å². The van der Waals surface area contributed by atoms with Crippen molar-refractivity contribution in [3.05, 3.63) is 34.3 Å². The number of carbonyl (C=O) groups is 1. The van der Waals surface area contributed by atoms with Gasteiger partial charge >= 0.3 is 0 Å². The largest absolute Gasteiger partial charge is 0.377 e. The van der Waals surface area contributed by atoms with Gasteiger partial charge in [-0.25, -0.2) is 0 Å².